The minimum absolute atomic E-state index is 0.0487. The van der Waals surface area contributed by atoms with E-state index in [-0.39, 0.29) is 5.91 Å². The average Bonchev–Trinajstić information content (AvgIpc) is 2.37. The number of thioether (sulfide) groups is 1. The van der Waals surface area contributed by atoms with Crippen LogP contribution in [0.5, 0.6) is 0 Å². The molecule has 0 bridgehead atoms. The monoisotopic (exact) mass is 252 g/mol. The van der Waals surface area contributed by atoms with Crippen molar-refractivity contribution in [3.05, 3.63) is 35.9 Å². The molecular weight excluding hydrogens is 232 g/mol. The van der Waals surface area contributed by atoms with Crippen LogP contribution in [0.2, 0.25) is 0 Å². The molecule has 0 heterocycles. The topological polar surface area (TPSA) is 55.1 Å². The second-order valence-electron chi connectivity index (χ2n) is 3.90. The molecule has 1 aromatic rings. The minimum Gasteiger partial charge on any atom is -0.355 e. The second-order valence-corrected chi connectivity index (χ2v) is 4.93. The molecule has 0 radical (unpaired) electrons. The summed E-state index contributed by atoms with van der Waals surface area (Å²) in [6, 6.07) is 9.78. The van der Waals surface area contributed by atoms with Crippen molar-refractivity contribution in [2.75, 3.05) is 12.3 Å². The van der Waals surface area contributed by atoms with E-state index < -0.39 is 6.04 Å². The largest absolute Gasteiger partial charge is 0.355 e. The standard InChI is InChI=1S/C13H20N2OS/c1-2-8-15-13(16)12(14)10-17-9-11-6-4-3-5-7-11/h3-7,12H,2,8-10,14H2,1H3,(H,15,16)/t12-/m0/s1. The number of hydrogen-bond donors (Lipinski definition) is 2. The molecule has 3 N–H and O–H groups in total. The van der Waals surface area contributed by atoms with E-state index in [2.05, 4.69) is 17.4 Å². The van der Waals surface area contributed by atoms with Crippen LogP contribution >= 0.6 is 11.8 Å². The lowest BCUT2D eigenvalue weighted by Crippen LogP contribution is -2.42. The SMILES string of the molecule is CCCNC(=O)[C@@H](N)CSCc1ccccc1. The van der Waals surface area contributed by atoms with Crippen LogP contribution in [0.4, 0.5) is 0 Å². The lowest BCUT2D eigenvalue weighted by molar-refractivity contribution is -0.121. The number of carbonyl (C=O) groups is 1. The molecule has 0 spiro atoms. The second kappa shape index (κ2) is 8.14. The Bertz CT molecular complexity index is 329. The number of rotatable bonds is 7. The zero-order chi connectivity index (χ0) is 12.5. The van der Waals surface area contributed by atoms with Crippen LogP contribution in [0.25, 0.3) is 0 Å². The molecule has 0 aliphatic rings. The van der Waals surface area contributed by atoms with Crippen LogP contribution in [-0.2, 0) is 10.5 Å². The van der Waals surface area contributed by atoms with E-state index >= 15 is 0 Å². The van der Waals surface area contributed by atoms with Gasteiger partial charge in [0.2, 0.25) is 5.91 Å². The third-order valence-corrected chi connectivity index (χ3v) is 3.43. The van der Waals surface area contributed by atoms with Crippen molar-refractivity contribution in [2.24, 2.45) is 5.73 Å². The van der Waals surface area contributed by atoms with E-state index in [0.717, 1.165) is 12.2 Å². The zero-order valence-corrected chi connectivity index (χ0v) is 11.0. The summed E-state index contributed by atoms with van der Waals surface area (Å²) in [5.41, 5.74) is 7.05. The molecule has 3 nitrogen and oxygen atoms in total. The van der Waals surface area contributed by atoms with Gasteiger partial charge < -0.3 is 11.1 Å². The van der Waals surface area contributed by atoms with E-state index in [4.69, 9.17) is 5.73 Å². The normalized spacial score (nSPS) is 12.1. The number of hydrogen-bond acceptors (Lipinski definition) is 3. The van der Waals surface area contributed by atoms with Gasteiger partial charge in [0.25, 0.3) is 0 Å². The van der Waals surface area contributed by atoms with E-state index in [1.807, 2.05) is 25.1 Å². The highest BCUT2D eigenvalue weighted by molar-refractivity contribution is 7.98. The predicted octanol–water partition coefficient (Wildman–Crippen LogP) is 1.77. The van der Waals surface area contributed by atoms with Gasteiger partial charge in [-0.05, 0) is 12.0 Å². The maximum Gasteiger partial charge on any atom is 0.237 e. The Morgan fingerprint density at radius 3 is 2.76 bits per heavy atom. The van der Waals surface area contributed by atoms with Gasteiger partial charge in [0.15, 0.2) is 0 Å². The van der Waals surface area contributed by atoms with E-state index in [0.29, 0.717) is 12.3 Å². The average molecular weight is 252 g/mol. The summed E-state index contributed by atoms with van der Waals surface area (Å²) in [6.45, 7) is 2.73. The van der Waals surface area contributed by atoms with Crippen molar-refractivity contribution in [2.45, 2.75) is 25.1 Å². The summed E-state index contributed by atoms with van der Waals surface area (Å²) in [6.07, 6.45) is 0.940. The Hall–Kier alpha value is -1.00. The fraction of sp³-hybridized carbons (Fsp3) is 0.462. The van der Waals surface area contributed by atoms with Gasteiger partial charge >= 0.3 is 0 Å². The molecular formula is C13H20N2OS. The quantitative estimate of drug-likeness (QED) is 0.777. The van der Waals surface area contributed by atoms with Gasteiger partial charge in [-0.15, -0.1) is 0 Å². The van der Waals surface area contributed by atoms with Gasteiger partial charge in [-0.2, -0.15) is 11.8 Å². The first-order valence-electron chi connectivity index (χ1n) is 5.89. The first-order chi connectivity index (χ1) is 8.24. The maximum atomic E-state index is 11.5. The number of carbonyl (C=O) groups excluding carboxylic acids is 1. The van der Waals surface area contributed by atoms with Crippen molar-refractivity contribution < 1.29 is 4.79 Å². The third kappa shape index (κ3) is 5.75. The van der Waals surface area contributed by atoms with Crippen LogP contribution in [-0.4, -0.2) is 24.2 Å². The fourth-order valence-corrected chi connectivity index (χ4v) is 2.28. The molecule has 1 aromatic carbocycles. The summed E-state index contributed by atoms with van der Waals surface area (Å²) in [4.78, 5) is 11.5. The Balaban J connectivity index is 2.20. The molecule has 4 heteroatoms. The minimum atomic E-state index is -0.407. The van der Waals surface area contributed by atoms with E-state index in [9.17, 15) is 4.79 Å². The number of benzene rings is 1. The van der Waals surface area contributed by atoms with Crippen LogP contribution in [0.3, 0.4) is 0 Å². The van der Waals surface area contributed by atoms with Crippen molar-refractivity contribution in [1.82, 2.24) is 5.32 Å². The molecule has 94 valence electrons. The summed E-state index contributed by atoms with van der Waals surface area (Å²) in [5, 5.41) is 2.80. The molecule has 0 unspecified atom stereocenters. The first-order valence-corrected chi connectivity index (χ1v) is 7.04. The molecule has 0 saturated carbocycles. The van der Waals surface area contributed by atoms with Crippen LogP contribution in [0, 0.1) is 0 Å². The van der Waals surface area contributed by atoms with Crippen molar-refractivity contribution >= 4 is 17.7 Å². The number of nitrogens with one attached hydrogen (secondary N) is 1. The molecule has 0 aliphatic heterocycles. The van der Waals surface area contributed by atoms with Crippen LogP contribution in [0.15, 0.2) is 30.3 Å². The van der Waals surface area contributed by atoms with Crippen molar-refractivity contribution in [3.8, 4) is 0 Å². The van der Waals surface area contributed by atoms with Gasteiger partial charge in [-0.1, -0.05) is 37.3 Å². The maximum absolute atomic E-state index is 11.5. The molecule has 0 aliphatic carbocycles. The first kappa shape index (κ1) is 14.1. The number of nitrogens with two attached hydrogens (primary N) is 1. The van der Waals surface area contributed by atoms with Crippen molar-refractivity contribution in [1.29, 1.82) is 0 Å². The lowest BCUT2D eigenvalue weighted by Gasteiger charge is -2.11. The summed E-state index contributed by atoms with van der Waals surface area (Å²) in [5.74, 6) is 1.51. The molecule has 1 amide bonds. The van der Waals surface area contributed by atoms with Gasteiger partial charge in [-0.3, -0.25) is 4.79 Å². The smallest absolute Gasteiger partial charge is 0.237 e. The predicted molar refractivity (Wildman–Crippen MR) is 73.9 cm³/mol. The highest BCUT2D eigenvalue weighted by Gasteiger charge is 2.11. The molecule has 17 heavy (non-hydrogen) atoms. The summed E-state index contributed by atoms with van der Waals surface area (Å²) in [7, 11) is 0. The molecule has 0 saturated heterocycles. The Morgan fingerprint density at radius 1 is 1.41 bits per heavy atom. The molecule has 0 fully saturated rings. The number of amides is 1. The highest BCUT2D eigenvalue weighted by Crippen LogP contribution is 2.12. The van der Waals surface area contributed by atoms with Gasteiger partial charge in [0.05, 0.1) is 6.04 Å². The summed E-state index contributed by atoms with van der Waals surface area (Å²) >= 11 is 1.69. The van der Waals surface area contributed by atoms with Gasteiger partial charge in [0.1, 0.15) is 0 Å². The van der Waals surface area contributed by atoms with E-state index in [1.54, 1.807) is 11.8 Å². The molecule has 0 aromatic heterocycles. The van der Waals surface area contributed by atoms with E-state index in [1.165, 1.54) is 5.56 Å². The molecule has 1 atom stereocenters. The van der Waals surface area contributed by atoms with Crippen molar-refractivity contribution in [3.63, 3.8) is 0 Å². The highest BCUT2D eigenvalue weighted by atomic mass is 32.2. The Morgan fingerprint density at radius 2 is 2.12 bits per heavy atom. The third-order valence-electron chi connectivity index (χ3n) is 2.29. The summed E-state index contributed by atoms with van der Waals surface area (Å²) < 4.78 is 0. The fourth-order valence-electron chi connectivity index (χ4n) is 1.33. The van der Waals surface area contributed by atoms with Crippen LogP contribution in [0.1, 0.15) is 18.9 Å². The Labute approximate surface area is 107 Å². The lowest BCUT2D eigenvalue weighted by atomic mass is 10.2. The zero-order valence-electron chi connectivity index (χ0n) is 10.2. The Kier molecular flexibility index (Phi) is 6.74. The molecule has 1 rings (SSSR count). The van der Waals surface area contributed by atoms with Gasteiger partial charge in [-0.25, -0.2) is 0 Å². The van der Waals surface area contributed by atoms with Gasteiger partial charge in [0, 0.05) is 18.1 Å². The van der Waals surface area contributed by atoms with Crippen LogP contribution < -0.4 is 11.1 Å².